The van der Waals surface area contributed by atoms with E-state index in [-0.39, 0.29) is 5.91 Å². The van der Waals surface area contributed by atoms with E-state index in [1.807, 2.05) is 12.1 Å². The van der Waals surface area contributed by atoms with Crippen LogP contribution >= 0.6 is 11.6 Å². The summed E-state index contributed by atoms with van der Waals surface area (Å²) in [6.07, 6.45) is 3.18. The standard InChI is InChI=1S/C16H22ClN3O/c17-13-3-1-4-14(11-13)18-16(21)6-8-19-9-10-20-7-2-5-15(20)12-19/h1,3-4,11,15H,2,5-10,12H2,(H,18,21). The number of hydrogen-bond donors (Lipinski definition) is 1. The van der Waals surface area contributed by atoms with Gasteiger partial charge in [0.25, 0.3) is 0 Å². The molecule has 1 aromatic rings. The van der Waals surface area contributed by atoms with E-state index >= 15 is 0 Å². The van der Waals surface area contributed by atoms with Gasteiger partial charge in [-0.1, -0.05) is 17.7 Å². The lowest BCUT2D eigenvalue weighted by atomic mass is 10.1. The molecular formula is C16H22ClN3O. The van der Waals surface area contributed by atoms with Crippen LogP contribution in [-0.2, 0) is 4.79 Å². The maximum atomic E-state index is 12.0. The Kier molecular flexibility index (Phi) is 4.78. The van der Waals surface area contributed by atoms with Crippen molar-refractivity contribution < 1.29 is 4.79 Å². The molecule has 2 aliphatic heterocycles. The number of fused-ring (bicyclic) bond motifs is 1. The molecule has 1 aromatic carbocycles. The highest BCUT2D eigenvalue weighted by atomic mass is 35.5. The molecule has 1 amide bonds. The average Bonchev–Trinajstić information content (AvgIpc) is 2.92. The molecule has 21 heavy (non-hydrogen) atoms. The zero-order chi connectivity index (χ0) is 14.7. The second kappa shape index (κ2) is 6.77. The molecule has 1 N–H and O–H groups in total. The number of carbonyl (C=O) groups is 1. The number of halogens is 1. The van der Waals surface area contributed by atoms with Crippen LogP contribution in [0.25, 0.3) is 0 Å². The van der Waals surface area contributed by atoms with Crippen molar-refractivity contribution in [2.24, 2.45) is 0 Å². The molecule has 4 nitrogen and oxygen atoms in total. The highest BCUT2D eigenvalue weighted by Crippen LogP contribution is 2.21. The van der Waals surface area contributed by atoms with Gasteiger partial charge in [0, 0.05) is 49.4 Å². The number of rotatable bonds is 4. The van der Waals surface area contributed by atoms with Crippen molar-refractivity contribution in [1.82, 2.24) is 9.80 Å². The number of anilines is 1. The third-order valence-corrected chi connectivity index (χ3v) is 4.67. The second-order valence-corrected chi connectivity index (χ2v) is 6.38. The van der Waals surface area contributed by atoms with Crippen molar-refractivity contribution in [2.45, 2.75) is 25.3 Å². The largest absolute Gasteiger partial charge is 0.326 e. The van der Waals surface area contributed by atoms with E-state index in [9.17, 15) is 4.79 Å². The molecule has 0 aromatic heterocycles. The molecule has 1 atom stereocenters. The summed E-state index contributed by atoms with van der Waals surface area (Å²) in [6.45, 7) is 5.45. The van der Waals surface area contributed by atoms with E-state index in [4.69, 9.17) is 11.6 Å². The van der Waals surface area contributed by atoms with Crippen LogP contribution in [-0.4, -0.2) is 54.5 Å². The average molecular weight is 308 g/mol. The first-order chi connectivity index (χ1) is 10.2. The van der Waals surface area contributed by atoms with Gasteiger partial charge < -0.3 is 5.32 Å². The van der Waals surface area contributed by atoms with Crippen molar-refractivity contribution in [3.05, 3.63) is 29.3 Å². The van der Waals surface area contributed by atoms with E-state index in [0.29, 0.717) is 11.4 Å². The van der Waals surface area contributed by atoms with Crippen LogP contribution < -0.4 is 5.32 Å². The molecule has 114 valence electrons. The van der Waals surface area contributed by atoms with Crippen LogP contribution in [0.3, 0.4) is 0 Å². The Morgan fingerprint density at radius 1 is 1.33 bits per heavy atom. The van der Waals surface area contributed by atoms with Crippen LogP contribution in [0.2, 0.25) is 5.02 Å². The molecule has 0 bridgehead atoms. The molecule has 3 rings (SSSR count). The van der Waals surface area contributed by atoms with E-state index < -0.39 is 0 Å². The Hall–Kier alpha value is -1.10. The molecular weight excluding hydrogens is 286 g/mol. The summed E-state index contributed by atoms with van der Waals surface area (Å²) in [5.41, 5.74) is 0.771. The van der Waals surface area contributed by atoms with Crippen LogP contribution in [0.1, 0.15) is 19.3 Å². The van der Waals surface area contributed by atoms with Gasteiger partial charge >= 0.3 is 0 Å². The minimum Gasteiger partial charge on any atom is -0.326 e. The molecule has 0 saturated carbocycles. The Labute approximate surface area is 131 Å². The summed E-state index contributed by atoms with van der Waals surface area (Å²) < 4.78 is 0. The third kappa shape index (κ3) is 3.96. The third-order valence-electron chi connectivity index (χ3n) is 4.43. The zero-order valence-electron chi connectivity index (χ0n) is 12.2. The number of carbonyl (C=O) groups excluding carboxylic acids is 1. The smallest absolute Gasteiger partial charge is 0.225 e. The van der Waals surface area contributed by atoms with Gasteiger partial charge in [-0.25, -0.2) is 0 Å². The van der Waals surface area contributed by atoms with E-state index in [2.05, 4.69) is 15.1 Å². The van der Waals surface area contributed by atoms with Crippen molar-refractivity contribution in [3.63, 3.8) is 0 Å². The minimum atomic E-state index is 0.0612. The number of benzene rings is 1. The molecule has 2 aliphatic rings. The fourth-order valence-electron chi connectivity index (χ4n) is 3.31. The Morgan fingerprint density at radius 3 is 3.10 bits per heavy atom. The highest BCUT2D eigenvalue weighted by molar-refractivity contribution is 6.30. The van der Waals surface area contributed by atoms with Gasteiger partial charge in [0.1, 0.15) is 0 Å². The van der Waals surface area contributed by atoms with Crippen molar-refractivity contribution in [3.8, 4) is 0 Å². The van der Waals surface area contributed by atoms with Crippen LogP contribution in [0.15, 0.2) is 24.3 Å². The quantitative estimate of drug-likeness (QED) is 0.928. The number of piperazine rings is 1. The van der Waals surface area contributed by atoms with Gasteiger partial charge in [0.15, 0.2) is 0 Å². The van der Waals surface area contributed by atoms with Crippen molar-refractivity contribution >= 4 is 23.2 Å². The SMILES string of the molecule is O=C(CCN1CCN2CCCC2C1)Nc1cccc(Cl)c1. The maximum absolute atomic E-state index is 12.0. The lowest BCUT2D eigenvalue weighted by Gasteiger charge is -2.37. The van der Waals surface area contributed by atoms with Crippen LogP contribution in [0.4, 0.5) is 5.69 Å². The normalized spacial score (nSPS) is 23.0. The molecule has 2 fully saturated rings. The molecule has 1 unspecified atom stereocenters. The van der Waals surface area contributed by atoms with E-state index in [0.717, 1.165) is 37.9 Å². The van der Waals surface area contributed by atoms with Gasteiger partial charge in [-0.3, -0.25) is 14.6 Å². The predicted octanol–water partition coefficient (Wildman–Crippen LogP) is 2.45. The van der Waals surface area contributed by atoms with Crippen molar-refractivity contribution in [1.29, 1.82) is 0 Å². The van der Waals surface area contributed by atoms with Crippen LogP contribution in [0, 0.1) is 0 Å². The zero-order valence-corrected chi connectivity index (χ0v) is 13.0. The number of nitrogens with one attached hydrogen (secondary N) is 1. The summed E-state index contributed by atoms with van der Waals surface area (Å²) in [5.74, 6) is 0.0612. The lowest BCUT2D eigenvalue weighted by molar-refractivity contribution is -0.116. The number of hydrogen-bond acceptors (Lipinski definition) is 3. The van der Waals surface area contributed by atoms with Gasteiger partial charge in [-0.15, -0.1) is 0 Å². The predicted molar refractivity (Wildman–Crippen MR) is 85.7 cm³/mol. The van der Waals surface area contributed by atoms with E-state index in [1.165, 1.54) is 19.4 Å². The first kappa shape index (κ1) is 14.8. The topological polar surface area (TPSA) is 35.6 Å². The Morgan fingerprint density at radius 2 is 2.24 bits per heavy atom. The second-order valence-electron chi connectivity index (χ2n) is 5.94. The van der Waals surface area contributed by atoms with Crippen LogP contribution in [0.5, 0.6) is 0 Å². The van der Waals surface area contributed by atoms with Gasteiger partial charge in [0.2, 0.25) is 5.91 Å². The molecule has 0 spiro atoms. The summed E-state index contributed by atoms with van der Waals surface area (Å²) in [4.78, 5) is 17.0. The highest BCUT2D eigenvalue weighted by Gasteiger charge is 2.30. The summed E-state index contributed by atoms with van der Waals surface area (Å²) in [6, 6.07) is 8.00. The van der Waals surface area contributed by atoms with Gasteiger partial charge in [-0.05, 0) is 37.6 Å². The minimum absolute atomic E-state index is 0.0612. The first-order valence-corrected chi connectivity index (χ1v) is 8.10. The number of nitrogens with zero attached hydrogens (tertiary/aromatic N) is 2. The lowest BCUT2D eigenvalue weighted by Crippen LogP contribution is -2.50. The summed E-state index contributed by atoms with van der Waals surface area (Å²) in [7, 11) is 0. The van der Waals surface area contributed by atoms with Gasteiger partial charge in [0.05, 0.1) is 0 Å². The fourth-order valence-corrected chi connectivity index (χ4v) is 3.50. The van der Waals surface area contributed by atoms with Crippen molar-refractivity contribution in [2.75, 3.05) is 38.0 Å². The monoisotopic (exact) mass is 307 g/mol. The Balaban J connectivity index is 1.43. The molecule has 2 heterocycles. The first-order valence-electron chi connectivity index (χ1n) is 7.72. The number of amides is 1. The fraction of sp³-hybridized carbons (Fsp3) is 0.562. The molecule has 0 aliphatic carbocycles. The van der Waals surface area contributed by atoms with E-state index in [1.54, 1.807) is 12.1 Å². The molecule has 5 heteroatoms. The summed E-state index contributed by atoms with van der Waals surface area (Å²) >= 11 is 5.91. The molecule has 2 saturated heterocycles. The Bertz CT molecular complexity index is 508. The summed E-state index contributed by atoms with van der Waals surface area (Å²) in [5, 5.41) is 3.55. The maximum Gasteiger partial charge on any atom is 0.225 e. The molecule has 0 radical (unpaired) electrons. The van der Waals surface area contributed by atoms with Gasteiger partial charge in [-0.2, -0.15) is 0 Å².